The van der Waals surface area contributed by atoms with Crippen LogP contribution >= 0.6 is 0 Å². The van der Waals surface area contributed by atoms with Crippen LogP contribution in [0.2, 0.25) is 0 Å². The third kappa shape index (κ3) is 2.68. The molecule has 0 fully saturated rings. The first-order valence-electron chi connectivity index (χ1n) is 5.25. The van der Waals surface area contributed by atoms with E-state index in [1.807, 2.05) is 0 Å². The Morgan fingerprint density at radius 1 is 1.47 bits per heavy atom. The number of hydrogen-bond acceptors (Lipinski definition) is 6. The van der Waals surface area contributed by atoms with E-state index in [-0.39, 0.29) is 5.82 Å². The molecule has 0 saturated carbocycles. The molecule has 0 bridgehead atoms. The lowest BCUT2D eigenvalue weighted by atomic mass is 10.3. The summed E-state index contributed by atoms with van der Waals surface area (Å²) in [7, 11) is 1.51. The molecule has 1 aromatic carbocycles. The van der Waals surface area contributed by atoms with Gasteiger partial charge in [-0.25, -0.2) is 4.98 Å². The molecule has 8 heteroatoms. The van der Waals surface area contributed by atoms with Crippen molar-refractivity contribution in [2.45, 2.75) is 0 Å². The molecule has 2 aromatic rings. The van der Waals surface area contributed by atoms with Gasteiger partial charge in [-0.2, -0.15) is 0 Å². The molecule has 0 aliphatic heterocycles. The highest BCUT2D eigenvalue weighted by Gasteiger charge is 2.20. The largest absolute Gasteiger partial charge is 0.497 e. The number of anilines is 2. The fourth-order valence-electron chi connectivity index (χ4n) is 1.49. The first-order valence-corrected chi connectivity index (χ1v) is 5.25. The minimum atomic E-state index is -0.814. The van der Waals surface area contributed by atoms with E-state index < -0.39 is 16.2 Å². The predicted octanol–water partition coefficient (Wildman–Crippen LogP) is 1.43. The van der Waals surface area contributed by atoms with Gasteiger partial charge in [-0.05, 0) is 12.1 Å². The van der Waals surface area contributed by atoms with E-state index in [0.717, 1.165) is 6.33 Å². The quantitative estimate of drug-likeness (QED) is 0.637. The number of nitro groups is 1. The van der Waals surface area contributed by atoms with Crippen molar-refractivity contribution in [1.29, 1.82) is 0 Å². The van der Waals surface area contributed by atoms with Crippen LogP contribution in [0.3, 0.4) is 0 Å². The van der Waals surface area contributed by atoms with Gasteiger partial charge in [0.2, 0.25) is 5.82 Å². The molecule has 8 nitrogen and oxygen atoms in total. The average molecular weight is 262 g/mol. The molecule has 0 spiro atoms. The van der Waals surface area contributed by atoms with Crippen molar-refractivity contribution < 1.29 is 9.66 Å². The third-order valence-corrected chi connectivity index (χ3v) is 2.34. The van der Waals surface area contributed by atoms with E-state index in [1.165, 1.54) is 7.11 Å². The second kappa shape index (κ2) is 5.17. The molecule has 2 N–H and O–H groups in total. The van der Waals surface area contributed by atoms with Gasteiger partial charge in [0.05, 0.1) is 18.4 Å². The Morgan fingerprint density at radius 2 is 2.26 bits per heavy atom. The predicted molar refractivity (Wildman–Crippen MR) is 67.8 cm³/mol. The zero-order chi connectivity index (χ0) is 13.8. The summed E-state index contributed by atoms with van der Waals surface area (Å²) in [6, 6.07) is 6.74. The number of rotatable bonds is 4. The number of ether oxygens (including phenoxy) is 1. The molecule has 0 atom stereocenters. The van der Waals surface area contributed by atoms with Crippen LogP contribution in [-0.2, 0) is 0 Å². The molecular weight excluding hydrogens is 252 g/mol. The SMILES string of the molecule is COc1cccc(Nc2nc[nH]c(=O)c2[N+](=O)[O-])c1. The highest BCUT2D eigenvalue weighted by atomic mass is 16.6. The minimum absolute atomic E-state index is 0.123. The zero-order valence-electron chi connectivity index (χ0n) is 9.91. The topological polar surface area (TPSA) is 110 Å². The highest BCUT2D eigenvalue weighted by molar-refractivity contribution is 5.65. The number of nitrogens with zero attached hydrogens (tertiary/aromatic N) is 2. The van der Waals surface area contributed by atoms with Gasteiger partial charge in [0.15, 0.2) is 0 Å². The van der Waals surface area contributed by atoms with Crippen LogP contribution in [0.5, 0.6) is 5.75 Å². The van der Waals surface area contributed by atoms with Gasteiger partial charge in [-0.1, -0.05) is 6.07 Å². The molecule has 0 radical (unpaired) electrons. The van der Waals surface area contributed by atoms with Crippen LogP contribution in [0.1, 0.15) is 0 Å². The van der Waals surface area contributed by atoms with Crippen molar-refractivity contribution in [1.82, 2.24) is 9.97 Å². The van der Waals surface area contributed by atoms with Crippen LogP contribution < -0.4 is 15.6 Å². The van der Waals surface area contributed by atoms with Crippen LogP contribution in [0.25, 0.3) is 0 Å². The number of aromatic nitrogens is 2. The summed E-state index contributed by atoms with van der Waals surface area (Å²) in [5.41, 5.74) is -0.920. The maximum atomic E-state index is 11.4. The first-order chi connectivity index (χ1) is 9.11. The van der Waals surface area contributed by atoms with E-state index in [0.29, 0.717) is 11.4 Å². The second-order valence-corrected chi connectivity index (χ2v) is 3.54. The fourth-order valence-corrected chi connectivity index (χ4v) is 1.49. The van der Waals surface area contributed by atoms with Gasteiger partial charge >= 0.3 is 11.2 Å². The fraction of sp³-hybridized carbons (Fsp3) is 0.0909. The first kappa shape index (κ1) is 12.6. The highest BCUT2D eigenvalue weighted by Crippen LogP contribution is 2.23. The van der Waals surface area contributed by atoms with Crippen molar-refractivity contribution >= 4 is 17.2 Å². The van der Waals surface area contributed by atoms with Crippen molar-refractivity contribution in [3.8, 4) is 5.75 Å². The lowest BCUT2D eigenvalue weighted by Crippen LogP contribution is -2.14. The summed E-state index contributed by atoms with van der Waals surface area (Å²) in [5.74, 6) is 0.458. The van der Waals surface area contributed by atoms with Gasteiger partial charge in [0, 0.05) is 11.8 Å². The Kier molecular flexibility index (Phi) is 3.42. The maximum Gasteiger partial charge on any atom is 0.376 e. The van der Waals surface area contributed by atoms with Crippen molar-refractivity contribution in [2.24, 2.45) is 0 Å². The Labute approximate surface area is 107 Å². The summed E-state index contributed by atoms with van der Waals surface area (Å²) in [5, 5.41) is 13.6. The van der Waals surface area contributed by atoms with E-state index in [2.05, 4.69) is 15.3 Å². The van der Waals surface area contributed by atoms with Crippen LogP contribution in [0.15, 0.2) is 35.4 Å². The number of benzene rings is 1. The van der Waals surface area contributed by atoms with Crippen LogP contribution in [0, 0.1) is 10.1 Å². The van der Waals surface area contributed by atoms with Gasteiger partial charge in [0.1, 0.15) is 5.75 Å². The molecule has 1 heterocycles. The van der Waals surface area contributed by atoms with Crippen LogP contribution in [-0.4, -0.2) is 22.0 Å². The van der Waals surface area contributed by atoms with Crippen LogP contribution in [0.4, 0.5) is 17.2 Å². The molecule has 0 aliphatic rings. The molecule has 19 heavy (non-hydrogen) atoms. The Bertz CT molecular complexity index is 668. The zero-order valence-corrected chi connectivity index (χ0v) is 9.91. The molecule has 1 aromatic heterocycles. The summed E-state index contributed by atoms with van der Waals surface area (Å²) in [4.78, 5) is 27.4. The van der Waals surface area contributed by atoms with Crippen molar-refractivity contribution in [3.63, 3.8) is 0 Å². The van der Waals surface area contributed by atoms with Gasteiger partial charge in [-0.15, -0.1) is 0 Å². The summed E-state index contributed by atoms with van der Waals surface area (Å²) >= 11 is 0. The number of aromatic amines is 1. The average Bonchev–Trinajstić information content (AvgIpc) is 2.38. The van der Waals surface area contributed by atoms with E-state index in [4.69, 9.17) is 4.74 Å². The maximum absolute atomic E-state index is 11.4. The number of H-pyrrole nitrogens is 1. The summed E-state index contributed by atoms with van der Waals surface area (Å²) in [6.45, 7) is 0. The van der Waals surface area contributed by atoms with Gasteiger partial charge in [0.25, 0.3) is 0 Å². The third-order valence-electron chi connectivity index (χ3n) is 2.34. The monoisotopic (exact) mass is 262 g/mol. The van der Waals surface area contributed by atoms with E-state index in [9.17, 15) is 14.9 Å². The molecule has 0 amide bonds. The standard InChI is InChI=1S/C11H10N4O4/c1-19-8-4-2-3-7(5-8)14-10-9(15(17)18)11(16)13-6-12-10/h2-6H,1H3,(H2,12,13,14,16). The van der Waals surface area contributed by atoms with Crippen molar-refractivity contribution in [2.75, 3.05) is 12.4 Å². The van der Waals surface area contributed by atoms with Gasteiger partial charge < -0.3 is 15.0 Å². The number of nitrogens with one attached hydrogen (secondary N) is 2. The van der Waals surface area contributed by atoms with Gasteiger partial charge in [-0.3, -0.25) is 14.9 Å². The Morgan fingerprint density at radius 3 is 2.95 bits per heavy atom. The van der Waals surface area contributed by atoms with E-state index >= 15 is 0 Å². The minimum Gasteiger partial charge on any atom is -0.497 e. The molecule has 0 saturated heterocycles. The lowest BCUT2D eigenvalue weighted by molar-refractivity contribution is -0.385. The van der Waals surface area contributed by atoms with E-state index in [1.54, 1.807) is 24.3 Å². The molecule has 0 aliphatic carbocycles. The lowest BCUT2D eigenvalue weighted by Gasteiger charge is -2.06. The second-order valence-electron chi connectivity index (χ2n) is 3.54. The normalized spacial score (nSPS) is 9.95. The number of methoxy groups -OCH3 is 1. The van der Waals surface area contributed by atoms with Crippen molar-refractivity contribution in [3.05, 3.63) is 51.1 Å². The Hall–Kier alpha value is -2.90. The molecular formula is C11H10N4O4. The molecule has 0 unspecified atom stereocenters. The summed E-state index contributed by atoms with van der Waals surface area (Å²) in [6.07, 6.45) is 1.10. The number of hydrogen-bond donors (Lipinski definition) is 2. The Balaban J connectivity index is 2.40. The molecule has 2 rings (SSSR count). The smallest absolute Gasteiger partial charge is 0.376 e. The molecule has 98 valence electrons. The summed E-state index contributed by atoms with van der Waals surface area (Å²) < 4.78 is 5.03.